The molecule has 0 rings (SSSR count). The summed E-state index contributed by atoms with van der Waals surface area (Å²) < 4.78 is 4.51. The molecule has 4 nitrogen and oxygen atoms in total. The lowest BCUT2D eigenvalue weighted by atomic mass is 10.1. The molecular weight excluding hydrogens is 228 g/mol. The fourth-order valence-corrected chi connectivity index (χ4v) is 0.803. The van der Waals surface area contributed by atoms with Crippen LogP contribution in [-0.4, -0.2) is 18.9 Å². The van der Waals surface area contributed by atoms with E-state index in [4.69, 9.17) is 11.1 Å². The molecule has 18 heavy (non-hydrogen) atoms. The largest absolute Gasteiger partial charge is 0.465 e. The Balaban J connectivity index is -0.000000506. The van der Waals surface area contributed by atoms with Gasteiger partial charge in [0.2, 0.25) is 0 Å². The number of esters is 1. The molecule has 104 valence electrons. The van der Waals surface area contributed by atoms with Gasteiger partial charge in [0.1, 0.15) is 5.84 Å². The number of carbonyl (C=O) groups is 1. The smallest absolute Gasteiger partial charge is 0.337 e. The van der Waals surface area contributed by atoms with E-state index in [1.165, 1.54) is 19.3 Å². The zero-order valence-corrected chi connectivity index (χ0v) is 12.3. The molecule has 3 N–H and O–H groups in total. The van der Waals surface area contributed by atoms with Crippen molar-refractivity contribution < 1.29 is 9.53 Å². The summed E-state index contributed by atoms with van der Waals surface area (Å²) in [4.78, 5) is 11.1. The molecule has 0 aliphatic rings. The van der Waals surface area contributed by atoms with Crippen LogP contribution in [0.5, 0.6) is 0 Å². The summed E-state index contributed by atoms with van der Waals surface area (Å²) in [7, 11) is 1.28. The molecule has 4 heteroatoms. The van der Waals surface area contributed by atoms with Crippen LogP contribution in [0.3, 0.4) is 0 Å². The first-order valence-corrected chi connectivity index (χ1v) is 6.00. The minimum atomic E-state index is -0.499. The van der Waals surface area contributed by atoms with Crippen LogP contribution in [0.4, 0.5) is 0 Å². The molecular formula is C14H26N2O2. The van der Waals surface area contributed by atoms with Gasteiger partial charge in [-0.3, -0.25) is 5.41 Å². The van der Waals surface area contributed by atoms with Crippen LogP contribution in [0.1, 0.15) is 34.6 Å². The Kier molecular flexibility index (Phi) is 18.1. The van der Waals surface area contributed by atoms with Crippen LogP contribution >= 0.6 is 0 Å². The van der Waals surface area contributed by atoms with Gasteiger partial charge in [0.15, 0.2) is 0 Å². The molecule has 0 aromatic rings. The van der Waals surface area contributed by atoms with E-state index >= 15 is 0 Å². The Morgan fingerprint density at radius 1 is 1.22 bits per heavy atom. The van der Waals surface area contributed by atoms with Crippen molar-refractivity contribution in [3.05, 3.63) is 36.0 Å². The maximum atomic E-state index is 11.1. The van der Waals surface area contributed by atoms with E-state index in [2.05, 4.69) is 11.3 Å². The van der Waals surface area contributed by atoms with Crippen LogP contribution in [0, 0.1) is 5.41 Å². The summed E-state index contributed by atoms with van der Waals surface area (Å²) in [5.41, 5.74) is 6.01. The van der Waals surface area contributed by atoms with Crippen molar-refractivity contribution in [2.24, 2.45) is 5.73 Å². The van der Waals surface area contributed by atoms with Crippen LogP contribution < -0.4 is 5.73 Å². The van der Waals surface area contributed by atoms with Crippen LogP contribution in [0.25, 0.3) is 0 Å². The molecule has 0 atom stereocenters. The Bertz CT molecular complexity index is 316. The number of rotatable bonds is 4. The van der Waals surface area contributed by atoms with Gasteiger partial charge >= 0.3 is 5.97 Å². The van der Waals surface area contributed by atoms with Crippen LogP contribution in [-0.2, 0) is 9.53 Å². The Labute approximate surface area is 111 Å². The SMILES string of the molecule is C=C/C(=C\C(=C/C)C(=N)N)C(=O)OC.CC.CC. The van der Waals surface area contributed by atoms with Gasteiger partial charge in [-0.05, 0) is 13.0 Å². The second-order valence-corrected chi connectivity index (χ2v) is 2.45. The predicted molar refractivity (Wildman–Crippen MR) is 78.7 cm³/mol. The number of nitrogens with two attached hydrogens (primary N) is 1. The first kappa shape index (κ1) is 21.4. The molecule has 0 aliphatic carbocycles. The highest BCUT2D eigenvalue weighted by Gasteiger charge is 2.06. The van der Waals surface area contributed by atoms with Crippen molar-refractivity contribution in [1.29, 1.82) is 5.41 Å². The number of hydrogen-bond donors (Lipinski definition) is 2. The Hall–Kier alpha value is -1.84. The molecule has 0 aromatic carbocycles. The maximum Gasteiger partial charge on any atom is 0.337 e. The fourth-order valence-electron chi connectivity index (χ4n) is 0.803. The first-order valence-electron chi connectivity index (χ1n) is 6.00. The molecule has 0 fully saturated rings. The third-order valence-electron chi connectivity index (χ3n) is 1.57. The summed E-state index contributed by atoms with van der Waals surface area (Å²) in [6, 6.07) is 0. The molecule has 0 bridgehead atoms. The lowest BCUT2D eigenvalue weighted by molar-refractivity contribution is -0.135. The van der Waals surface area contributed by atoms with Gasteiger partial charge in [-0.1, -0.05) is 46.4 Å². The number of amidine groups is 1. The lowest BCUT2D eigenvalue weighted by Crippen LogP contribution is -2.13. The van der Waals surface area contributed by atoms with Crippen LogP contribution in [0.15, 0.2) is 36.0 Å². The van der Waals surface area contributed by atoms with Crippen molar-refractivity contribution >= 4 is 11.8 Å². The fraction of sp³-hybridized carbons (Fsp3) is 0.429. The van der Waals surface area contributed by atoms with Gasteiger partial charge in [0, 0.05) is 5.57 Å². The van der Waals surface area contributed by atoms with E-state index in [0.717, 1.165) is 0 Å². The average molecular weight is 254 g/mol. The molecule has 0 aliphatic heterocycles. The molecule has 0 radical (unpaired) electrons. The number of nitrogens with one attached hydrogen (secondary N) is 1. The number of hydrogen-bond acceptors (Lipinski definition) is 3. The van der Waals surface area contributed by atoms with Gasteiger partial charge < -0.3 is 10.5 Å². The van der Waals surface area contributed by atoms with E-state index in [9.17, 15) is 4.79 Å². The number of methoxy groups -OCH3 is 1. The molecule has 0 heterocycles. The second-order valence-electron chi connectivity index (χ2n) is 2.45. The molecule has 0 saturated carbocycles. The average Bonchev–Trinajstić information content (AvgIpc) is 2.43. The highest BCUT2D eigenvalue weighted by Crippen LogP contribution is 2.05. The summed E-state index contributed by atoms with van der Waals surface area (Å²) in [5.74, 6) is -0.601. The maximum absolute atomic E-state index is 11.1. The van der Waals surface area contributed by atoms with Gasteiger partial charge in [-0.2, -0.15) is 0 Å². The van der Waals surface area contributed by atoms with Crippen molar-refractivity contribution in [1.82, 2.24) is 0 Å². The van der Waals surface area contributed by atoms with Gasteiger partial charge in [-0.15, -0.1) is 0 Å². The summed E-state index contributed by atoms with van der Waals surface area (Å²) in [6.45, 7) is 13.2. The minimum Gasteiger partial charge on any atom is -0.465 e. The minimum absolute atomic E-state index is 0.101. The van der Waals surface area contributed by atoms with E-state index < -0.39 is 5.97 Å². The highest BCUT2D eigenvalue weighted by molar-refractivity contribution is 6.00. The quantitative estimate of drug-likeness (QED) is 0.266. The standard InChI is InChI=1S/C10H14N2O2.2C2H6/c1-4-7(9(11)12)6-8(5-2)10(13)14-3;2*1-2/h4-6H,2H2,1,3H3,(H3,11,12);2*1-2H3/b7-4+,8-6+;;. The predicted octanol–water partition coefficient (Wildman–Crippen LogP) is 3.21. The van der Waals surface area contributed by atoms with Gasteiger partial charge in [0.25, 0.3) is 0 Å². The molecule has 0 unspecified atom stereocenters. The van der Waals surface area contributed by atoms with E-state index in [0.29, 0.717) is 5.57 Å². The Morgan fingerprint density at radius 3 is 1.89 bits per heavy atom. The molecule has 0 spiro atoms. The van der Waals surface area contributed by atoms with E-state index in [-0.39, 0.29) is 11.4 Å². The third kappa shape index (κ3) is 9.39. The molecule has 0 amide bonds. The lowest BCUT2D eigenvalue weighted by Gasteiger charge is -2.01. The zero-order valence-electron chi connectivity index (χ0n) is 12.3. The highest BCUT2D eigenvalue weighted by atomic mass is 16.5. The summed E-state index contributed by atoms with van der Waals surface area (Å²) >= 11 is 0. The Morgan fingerprint density at radius 2 is 1.67 bits per heavy atom. The number of ether oxygens (including phenoxy) is 1. The second kappa shape index (κ2) is 15.2. The van der Waals surface area contributed by atoms with Crippen LogP contribution in [0.2, 0.25) is 0 Å². The van der Waals surface area contributed by atoms with Gasteiger partial charge in [0.05, 0.1) is 12.7 Å². The third-order valence-corrected chi connectivity index (χ3v) is 1.57. The number of carbonyl (C=O) groups excluding carboxylic acids is 1. The molecule has 0 aromatic heterocycles. The van der Waals surface area contributed by atoms with Crippen molar-refractivity contribution in [2.75, 3.05) is 7.11 Å². The van der Waals surface area contributed by atoms with Gasteiger partial charge in [-0.25, -0.2) is 4.79 Å². The summed E-state index contributed by atoms with van der Waals surface area (Å²) in [5, 5.41) is 7.20. The zero-order chi connectivity index (χ0) is 15.1. The van der Waals surface area contributed by atoms with Crippen molar-refractivity contribution in [3.8, 4) is 0 Å². The normalized spacial score (nSPS) is 10.1. The first-order chi connectivity index (χ1) is 8.56. The topological polar surface area (TPSA) is 76.2 Å². The van der Waals surface area contributed by atoms with E-state index in [1.54, 1.807) is 13.0 Å². The molecule has 0 saturated heterocycles. The van der Waals surface area contributed by atoms with Crippen molar-refractivity contribution in [3.63, 3.8) is 0 Å². The monoisotopic (exact) mass is 254 g/mol. The summed E-state index contributed by atoms with van der Waals surface area (Å²) in [6.07, 6.45) is 4.45. The number of allylic oxidation sites excluding steroid dienone is 1. The van der Waals surface area contributed by atoms with E-state index in [1.807, 2.05) is 27.7 Å². The van der Waals surface area contributed by atoms with Crippen molar-refractivity contribution in [2.45, 2.75) is 34.6 Å².